The molecule has 0 saturated heterocycles. The van der Waals surface area contributed by atoms with Gasteiger partial charge in [0.1, 0.15) is 0 Å². The Kier molecular flexibility index (Phi) is 3.19. The standard InChI is InChI=1S/C7H8O3S/c8-3-4-11-7-2-1-6(5-9)10-7/h1-2,5,8H,3-4H2. The minimum Gasteiger partial charge on any atom is -0.447 e. The van der Waals surface area contributed by atoms with Gasteiger partial charge < -0.3 is 9.52 Å². The second-order valence-corrected chi connectivity index (χ2v) is 2.95. The van der Waals surface area contributed by atoms with Crippen molar-refractivity contribution in [1.82, 2.24) is 0 Å². The van der Waals surface area contributed by atoms with Crippen LogP contribution in [-0.4, -0.2) is 23.8 Å². The van der Waals surface area contributed by atoms with E-state index in [4.69, 9.17) is 9.52 Å². The Balaban J connectivity index is 2.51. The first kappa shape index (κ1) is 8.36. The number of aliphatic hydroxyl groups excluding tert-OH is 1. The molecule has 1 aromatic rings. The van der Waals surface area contributed by atoms with Crippen molar-refractivity contribution in [1.29, 1.82) is 0 Å². The zero-order valence-corrected chi connectivity index (χ0v) is 6.63. The SMILES string of the molecule is O=Cc1ccc(SCCO)o1. The number of aliphatic hydroxyl groups is 1. The van der Waals surface area contributed by atoms with Crippen molar-refractivity contribution in [3.63, 3.8) is 0 Å². The number of furan rings is 1. The normalized spacial score (nSPS) is 9.91. The lowest BCUT2D eigenvalue weighted by atomic mass is 10.5. The molecule has 0 aromatic carbocycles. The largest absolute Gasteiger partial charge is 0.447 e. The van der Waals surface area contributed by atoms with Gasteiger partial charge in [-0.3, -0.25) is 4.79 Å². The van der Waals surface area contributed by atoms with Gasteiger partial charge in [0.15, 0.2) is 17.1 Å². The van der Waals surface area contributed by atoms with E-state index in [2.05, 4.69) is 0 Å². The van der Waals surface area contributed by atoms with E-state index < -0.39 is 0 Å². The number of carbonyl (C=O) groups excluding carboxylic acids is 1. The van der Waals surface area contributed by atoms with Crippen molar-refractivity contribution in [3.8, 4) is 0 Å². The summed E-state index contributed by atoms with van der Waals surface area (Å²) in [6.07, 6.45) is 0.656. The van der Waals surface area contributed by atoms with Crippen LogP contribution in [0.15, 0.2) is 21.6 Å². The summed E-state index contributed by atoms with van der Waals surface area (Å²) < 4.78 is 5.02. The van der Waals surface area contributed by atoms with Crippen LogP contribution < -0.4 is 0 Å². The lowest BCUT2D eigenvalue weighted by molar-refractivity contribution is 0.109. The molecule has 0 saturated carbocycles. The van der Waals surface area contributed by atoms with Crippen LogP contribution in [-0.2, 0) is 0 Å². The Bertz CT molecular complexity index is 231. The Morgan fingerprint density at radius 3 is 3.00 bits per heavy atom. The third-order valence-corrected chi connectivity index (χ3v) is 1.94. The summed E-state index contributed by atoms with van der Waals surface area (Å²) in [6, 6.07) is 3.32. The highest BCUT2D eigenvalue weighted by molar-refractivity contribution is 7.99. The molecule has 1 rings (SSSR count). The molecule has 0 fully saturated rings. The minimum absolute atomic E-state index is 0.113. The fourth-order valence-electron chi connectivity index (χ4n) is 0.622. The average molecular weight is 172 g/mol. The molecule has 11 heavy (non-hydrogen) atoms. The Labute approximate surface area is 68.4 Å². The molecular formula is C7H8O3S. The van der Waals surface area contributed by atoms with Crippen LogP contribution in [0.2, 0.25) is 0 Å². The lowest BCUT2D eigenvalue weighted by Crippen LogP contribution is -1.83. The van der Waals surface area contributed by atoms with E-state index in [1.165, 1.54) is 11.8 Å². The fourth-order valence-corrected chi connectivity index (χ4v) is 1.23. The Hall–Kier alpha value is -0.740. The Morgan fingerprint density at radius 1 is 1.64 bits per heavy atom. The van der Waals surface area contributed by atoms with Gasteiger partial charge in [-0.1, -0.05) is 11.8 Å². The quantitative estimate of drug-likeness (QED) is 0.547. The van der Waals surface area contributed by atoms with Crippen LogP contribution in [0.5, 0.6) is 0 Å². The Morgan fingerprint density at radius 2 is 2.45 bits per heavy atom. The van der Waals surface area contributed by atoms with Crippen molar-refractivity contribution >= 4 is 18.0 Å². The molecule has 0 unspecified atom stereocenters. The first-order valence-electron chi connectivity index (χ1n) is 3.15. The van der Waals surface area contributed by atoms with Gasteiger partial charge in [0.2, 0.25) is 0 Å². The van der Waals surface area contributed by atoms with E-state index in [1.807, 2.05) is 0 Å². The molecule has 1 N–H and O–H groups in total. The highest BCUT2D eigenvalue weighted by Gasteiger charge is 1.99. The van der Waals surface area contributed by atoms with E-state index in [9.17, 15) is 4.79 Å². The predicted molar refractivity (Wildman–Crippen MR) is 41.9 cm³/mol. The summed E-state index contributed by atoms with van der Waals surface area (Å²) in [5, 5.41) is 9.13. The van der Waals surface area contributed by atoms with Crippen LogP contribution in [0.1, 0.15) is 10.6 Å². The van der Waals surface area contributed by atoms with Gasteiger partial charge in [0.05, 0.1) is 6.61 Å². The molecule has 0 aliphatic heterocycles. The van der Waals surface area contributed by atoms with Crippen LogP contribution in [0.25, 0.3) is 0 Å². The molecule has 0 atom stereocenters. The van der Waals surface area contributed by atoms with Crippen molar-refractivity contribution in [2.24, 2.45) is 0 Å². The zero-order chi connectivity index (χ0) is 8.10. The van der Waals surface area contributed by atoms with E-state index in [-0.39, 0.29) is 6.61 Å². The molecule has 0 radical (unpaired) electrons. The molecule has 0 bridgehead atoms. The number of aldehydes is 1. The number of rotatable bonds is 4. The molecule has 1 aromatic heterocycles. The maximum Gasteiger partial charge on any atom is 0.185 e. The predicted octanol–water partition coefficient (Wildman–Crippen LogP) is 1.18. The highest BCUT2D eigenvalue weighted by Crippen LogP contribution is 2.19. The maximum atomic E-state index is 10.1. The molecule has 1 heterocycles. The van der Waals surface area contributed by atoms with Crippen molar-refractivity contribution in [3.05, 3.63) is 17.9 Å². The summed E-state index contributed by atoms with van der Waals surface area (Å²) in [7, 11) is 0. The second kappa shape index (κ2) is 4.20. The third-order valence-electron chi connectivity index (χ3n) is 1.05. The molecule has 0 aliphatic carbocycles. The van der Waals surface area contributed by atoms with Gasteiger partial charge in [-0.2, -0.15) is 0 Å². The summed E-state index contributed by atoms with van der Waals surface area (Å²) in [4.78, 5) is 10.1. The smallest absolute Gasteiger partial charge is 0.185 e. The average Bonchev–Trinajstić information content (AvgIpc) is 2.48. The highest BCUT2D eigenvalue weighted by atomic mass is 32.2. The summed E-state index contributed by atoms with van der Waals surface area (Å²) in [5.41, 5.74) is 0. The van der Waals surface area contributed by atoms with E-state index in [0.717, 1.165) is 0 Å². The van der Waals surface area contributed by atoms with Gasteiger partial charge in [-0.25, -0.2) is 0 Å². The lowest BCUT2D eigenvalue weighted by Gasteiger charge is -1.90. The van der Waals surface area contributed by atoms with Crippen LogP contribution in [0.3, 0.4) is 0 Å². The topological polar surface area (TPSA) is 50.4 Å². The molecule has 0 spiro atoms. The van der Waals surface area contributed by atoms with E-state index in [1.54, 1.807) is 12.1 Å². The van der Waals surface area contributed by atoms with Gasteiger partial charge in [0, 0.05) is 5.75 Å². The number of carbonyl (C=O) groups is 1. The number of hydrogen-bond acceptors (Lipinski definition) is 4. The van der Waals surface area contributed by atoms with Crippen molar-refractivity contribution in [2.45, 2.75) is 5.09 Å². The third kappa shape index (κ3) is 2.40. The summed E-state index contributed by atoms with van der Waals surface area (Å²) >= 11 is 1.38. The monoisotopic (exact) mass is 172 g/mol. The molecular weight excluding hydrogens is 164 g/mol. The van der Waals surface area contributed by atoms with Gasteiger partial charge >= 0.3 is 0 Å². The number of thioether (sulfide) groups is 1. The minimum atomic E-state index is 0.113. The fraction of sp³-hybridized carbons (Fsp3) is 0.286. The zero-order valence-electron chi connectivity index (χ0n) is 5.82. The molecule has 0 amide bonds. The van der Waals surface area contributed by atoms with Gasteiger partial charge in [0.25, 0.3) is 0 Å². The summed E-state index contributed by atoms with van der Waals surface area (Å²) in [6.45, 7) is 0.113. The van der Waals surface area contributed by atoms with Crippen molar-refractivity contribution in [2.75, 3.05) is 12.4 Å². The summed E-state index contributed by atoms with van der Waals surface area (Å²) in [5.74, 6) is 0.914. The van der Waals surface area contributed by atoms with Crippen molar-refractivity contribution < 1.29 is 14.3 Å². The molecule has 0 aliphatic rings. The first-order valence-corrected chi connectivity index (χ1v) is 4.14. The van der Waals surface area contributed by atoms with Crippen LogP contribution >= 0.6 is 11.8 Å². The molecule has 4 heteroatoms. The van der Waals surface area contributed by atoms with Crippen LogP contribution in [0, 0.1) is 0 Å². The maximum absolute atomic E-state index is 10.1. The molecule has 3 nitrogen and oxygen atoms in total. The van der Waals surface area contributed by atoms with E-state index in [0.29, 0.717) is 22.9 Å². The van der Waals surface area contributed by atoms with E-state index >= 15 is 0 Å². The second-order valence-electron chi connectivity index (χ2n) is 1.85. The number of hydrogen-bond donors (Lipinski definition) is 1. The first-order chi connectivity index (χ1) is 5.36. The van der Waals surface area contributed by atoms with Crippen LogP contribution in [0.4, 0.5) is 0 Å². The van der Waals surface area contributed by atoms with Gasteiger partial charge in [-0.05, 0) is 12.1 Å². The van der Waals surface area contributed by atoms with Gasteiger partial charge in [-0.15, -0.1) is 0 Å². The molecule has 60 valence electrons.